The van der Waals surface area contributed by atoms with Crippen LogP contribution in [0.3, 0.4) is 0 Å². The largest absolute Gasteiger partial charge is 0.457 e. The van der Waals surface area contributed by atoms with Gasteiger partial charge in [0.2, 0.25) is 0 Å². The Balaban J connectivity index is 1.88. The number of cyclic esters (lactones) is 1. The fourth-order valence-electron chi connectivity index (χ4n) is 1.80. The predicted molar refractivity (Wildman–Crippen MR) is 62.1 cm³/mol. The Bertz CT molecular complexity index is 561. The van der Waals surface area contributed by atoms with Gasteiger partial charge in [0.25, 0.3) is 0 Å². The monoisotopic (exact) mass is 226 g/mol. The maximum atomic E-state index is 11.3. The summed E-state index contributed by atoms with van der Waals surface area (Å²) in [4.78, 5) is 11.3. The van der Waals surface area contributed by atoms with Crippen molar-refractivity contribution in [3.05, 3.63) is 59.7 Å². The summed E-state index contributed by atoms with van der Waals surface area (Å²) in [6.45, 7) is 0.333. The number of rotatable bonds is 2. The molecular weight excluding hydrogens is 216 g/mol. The van der Waals surface area contributed by atoms with Crippen LogP contribution >= 0.6 is 0 Å². The maximum absolute atomic E-state index is 11.3. The van der Waals surface area contributed by atoms with Gasteiger partial charge in [-0.2, -0.15) is 0 Å². The molecule has 0 saturated carbocycles. The zero-order valence-electron chi connectivity index (χ0n) is 9.05. The van der Waals surface area contributed by atoms with Crippen molar-refractivity contribution in [1.82, 2.24) is 0 Å². The summed E-state index contributed by atoms with van der Waals surface area (Å²) in [5.74, 6) is 1.23. The molecule has 2 aromatic carbocycles. The molecule has 0 bridgehead atoms. The number of esters is 1. The number of fused-ring (bicyclic) bond motifs is 1. The van der Waals surface area contributed by atoms with E-state index in [1.54, 1.807) is 12.1 Å². The van der Waals surface area contributed by atoms with Crippen LogP contribution in [0.15, 0.2) is 48.5 Å². The Morgan fingerprint density at radius 3 is 2.65 bits per heavy atom. The molecule has 0 aliphatic carbocycles. The molecule has 1 aliphatic rings. The lowest BCUT2D eigenvalue weighted by atomic mass is 10.1. The number of carbonyl (C=O) groups is 1. The molecule has 1 aliphatic heterocycles. The zero-order valence-corrected chi connectivity index (χ0v) is 9.05. The van der Waals surface area contributed by atoms with Gasteiger partial charge in [0.15, 0.2) is 0 Å². The molecule has 3 nitrogen and oxygen atoms in total. The van der Waals surface area contributed by atoms with E-state index in [0.717, 1.165) is 11.3 Å². The molecule has 2 aromatic rings. The van der Waals surface area contributed by atoms with Gasteiger partial charge in [-0.15, -0.1) is 0 Å². The normalized spacial score (nSPS) is 13.1. The van der Waals surface area contributed by atoms with Crippen LogP contribution in [0.2, 0.25) is 0 Å². The van der Waals surface area contributed by atoms with Gasteiger partial charge >= 0.3 is 5.97 Å². The molecule has 3 rings (SSSR count). The maximum Gasteiger partial charge on any atom is 0.338 e. The molecule has 3 heteroatoms. The van der Waals surface area contributed by atoms with E-state index < -0.39 is 0 Å². The molecule has 0 atom stereocenters. The van der Waals surface area contributed by atoms with Gasteiger partial charge in [-0.1, -0.05) is 18.2 Å². The van der Waals surface area contributed by atoms with Crippen molar-refractivity contribution in [2.24, 2.45) is 0 Å². The van der Waals surface area contributed by atoms with Gasteiger partial charge in [-0.05, 0) is 30.3 Å². The Morgan fingerprint density at radius 2 is 1.82 bits per heavy atom. The molecule has 0 amide bonds. The second-order valence-electron chi connectivity index (χ2n) is 3.81. The van der Waals surface area contributed by atoms with Crippen LogP contribution < -0.4 is 4.74 Å². The summed E-state index contributed by atoms with van der Waals surface area (Å²) in [7, 11) is 0. The van der Waals surface area contributed by atoms with Crippen LogP contribution in [0.25, 0.3) is 0 Å². The lowest BCUT2D eigenvalue weighted by Crippen LogP contribution is -1.93. The molecule has 0 spiro atoms. The fourth-order valence-corrected chi connectivity index (χ4v) is 1.80. The predicted octanol–water partition coefficient (Wildman–Crippen LogP) is 3.15. The average molecular weight is 226 g/mol. The van der Waals surface area contributed by atoms with Crippen molar-refractivity contribution in [3.63, 3.8) is 0 Å². The summed E-state index contributed by atoms with van der Waals surface area (Å²) >= 11 is 0. The fraction of sp³-hybridized carbons (Fsp3) is 0.0714. The summed E-state index contributed by atoms with van der Waals surface area (Å²) in [6.07, 6.45) is 0. The quantitative estimate of drug-likeness (QED) is 0.738. The van der Waals surface area contributed by atoms with E-state index in [1.165, 1.54) is 0 Å². The number of hydrogen-bond donors (Lipinski definition) is 0. The summed E-state index contributed by atoms with van der Waals surface area (Å²) < 4.78 is 10.6. The van der Waals surface area contributed by atoms with Crippen molar-refractivity contribution < 1.29 is 14.3 Å². The van der Waals surface area contributed by atoms with Gasteiger partial charge in [0.1, 0.15) is 18.1 Å². The van der Waals surface area contributed by atoms with Gasteiger partial charge in [0, 0.05) is 5.56 Å². The van der Waals surface area contributed by atoms with E-state index in [2.05, 4.69) is 0 Å². The van der Waals surface area contributed by atoms with Crippen LogP contribution in [0.5, 0.6) is 11.5 Å². The first kappa shape index (κ1) is 9.90. The number of ether oxygens (including phenoxy) is 2. The highest BCUT2D eigenvalue weighted by molar-refractivity contribution is 5.93. The topological polar surface area (TPSA) is 35.5 Å². The molecular formula is C14H10O3. The van der Waals surface area contributed by atoms with E-state index in [4.69, 9.17) is 9.47 Å². The first-order chi connectivity index (χ1) is 8.33. The highest BCUT2D eigenvalue weighted by Gasteiger charge is 2.21. The third-order valence-electron chi connectivity index (χ3n) is 2.63. The van der Waals surface area contributed by atoms with Crippen LogP contribution in [0.4, 0.5) is 0 Å². The van der Waals surface area contributed by atoms with E-state index in [9.17, 15) is 4.79 Å². The SMILES string of the molecule is O=C1OCc2cc(Oc3ccccc3)ccc21. The van der Waals surface area contributed by atoms with E-state index in [0.29, 0.717) is 17.9 Å². The van der Waals surface area contributed by atoms with Crippen LogP contribution in [-0.2, 0) is 11.3 Å². The highest BCUT2D eigenvalue weighted by Crippen LogP contribution is 2.27. The molecule has 0 radical (unpaired) electrons. The molecule has 0 aromatic heterocycles. The van der Waals surface area contributed by atoms with Gasteiger partial charge in [0.05, 0.1) is 5.56 Å². The molecule has 1 heterocycles. The lowest BCUT2D eigenvalue weighted by Gasteiger charge is -2.05. The standard InChI is InChI=1S/C14H10O3/c15-14-13-7-6-12(8-10(13)9-16-14)17-11-4-2-1-3-5-11/h1-8H,9H2. The van der Waals surface area contributed by atoms with Crippen molar-refractivity contribution in [2.75, 3.05) is 0 Å². The van der Waals surface area contributed by atoms with Crippen LogP contribution in [0.1, 0.15) is 15.9 Å². The Labute approximate surface area is 98.6 Å². The summed E-state index contributed by atoms with van der Waals surface area (Å²) in [5, 5.41) is 0. The average Bonchev–Trinajstić information content (AvgIpc) is 2.72. The number of benzene rings is 2. The number of para-hydroxylation sites is 1. The minimum absolute atomic E-state index is 0.258. The third-order valence-corrected chi connectivity index (χ3v) is 2.63. The number of carbonyl (C=O) groups excluding carboxylic acids is 1. The smallest absolute Gasteiger partial charge is 0.338 e. The van der Waals surface area contributed by atoms with Crippen molar-refractivity contribution in [3.8, 4) is 11.5 Å². The zero-order chi connectivity index (χ0) is 11.7. The molecule has 0 N–H and O–H groups in total. The molecule has 0 saturated heterocycles. The van der Waals surface area contributed by atoms with Gasteiger partial charge in [-0.25, -0.2) is 4.79 Å². The van der Waals surface area contributed by atoms with Crippen molar-refractivity contribution >= 4 is 5.97 Å². The summed E-state index contributed by atoms with van der Waals surface area (Å²) in [5.41, 5.74) is 1.51. The van der Waals surface area contributed by atoms with Gasteiger partial charge < -0.3 is 9.47 Å². The lowest BCUT2D eigenvalue weighted by molar-refractivity contribution is 0.0535. The minimum atomic E-state index is -0.258. The van der Waals surface area contributed by atoms with Gasteiger partial charge in [-0.3, -0.25) is 0 Å². The first-order valence-corrected chi connectivity index (χ1v) is 5.36. The molecule has 84 valence electrons. The van der Waals surface area contributed by atoms with E-state index >= 15 is 0 Å². The Hall–Kier alpha value is -2.29. The van der Waals surface area contributed by atoms with Crippen LogP contribution in [-0.4, -0.2) is 5.97 Å². The van der Waals surface area contributed by atoms with Crippen LogP contribution in [0, 0.1) is 0 Å². The number of hydrogen-bond acceptors (Lipinski definition) is 3. The van der Waals surface area contributed by atoms with Crippen molar-refractivity contribution in [1.29, 1.82) is 0 Å². The second-order valence-corrected chi connectivity index (χ2v) is 3.81. The summed E-state index contributed by atoms with van der Waals surface area (Å²) in [6, 6.07) is 14.9. The minimum Gasteiger partial charge on any atom is -0.457 e. The third kappa shape index (κ3) is 1.87. The van der Waals surface area contributed by atoms with E-state index in [-0.39, 0.29) is 5.97 Å². The first-order valence-electron chi connectivity index (χ1n) is 5.36. The van der Waals surface area contributed by atoms with E-state index in [1.807, 2.05) is 36.4 Å². The Morgan fingerprint density at radius 1 is 1.00 bits per heavy atom. The molecule has 0 fully saturated rings. The molecule has 17 heavy (non-hydrogen) atoms. The van der Waals surface area contributed by atoms with Crippen molar-refractivity contribution in [2.45, 2.75) is 6.61 Å². The molecule has 0 unspecified atom stereocenters. The second kappa shape index (κ2) is 3.94. The Kier molecular flexibility index (Phi) is 2.29. The highest BCUT2D eigenvalue weighted by atomic mass is 16.5.